The highest BCUT2D eigenvalue weighted by Crippen LogP contribution is 2.26. The van der Waals surface area contributed by atoms with Gasteiger partial charge >= 0.3 is 6.03 Å². The molecule has 0 unspecified atom stereocenters. The molecule has 0 aliphatic carbocycles. The number of hydrogen-bond donors (Lipinski definition) is 0. The smallest absolute Gasteiger partial charge is 0.320 e. The Morgan fingerprint density at radius 2 is 1.31 bits per heavy atom. The number of rotatable bonds is 6. The first-order chi connectivity index (χ1) is 15.6. The number of carbonyl (C=O) groups excluding carboxylic acids is 1. The molecule has 4 rings (SSSR count). The van der Waals surface area contributed by atoms with Crippen LogP contribution in [0.5, 0.6) is 0 Å². The van der Waals surface area contributed by atoms with Crippen molar-refractivity contribution in [3.05, 3.63) is 71.3 Å². The van der Waals surface area contributed by atoms with E-state index < -0.39 is 6.10 Å². The monoisotopic (exact) mass is 445 g/mol. The summed E-state index contributed by atoms with van der Waals surface area (Å²) < 4.78 is 38.2. The molecule has 2 aromatic carbocycles. The number of hydrogen-bond acceptors (Lipinski definition) is 4. The topological polar surface area (TPSA) is 45.2 Å². The molecule has 2 amide bonds. The largest absolute Gasteiger partial charge is 0.378 e. The minimum atomic E-state index is -0.402. The van der Waals surface area contributed by atoms with Gasteiger partial charge in [-0.1, -0.05) is 24.3 Å². The molecule has 2 heterocycles. The SMILES string of the molecule is O=C(N1CCOCC1)N1CCN(CCOC(c2ccc(F)cc2)c2ccc(F)cc2)CC1. The molecule has 6 nitrogen and oxygen atoms in total. The van der Waals surface area contributed by atoms with Crippen LogP contribution in [0.15, 0.2) is 48.5 Å². The Balaban J connectivity index is 1.29. The van der Waals surface area contributed by atoms with E-state index in [0.29, 0.717) is 46.0 Å². The molecule has 8 heteroatoms. The van der Waals surface area contributed by atoms with Gasteiger partial charge < -0.3 is 19.3 Å². The second-order valence-corrected chi connectivity index (χ2v) is 8.06. The fraction of sp³-hybridized carbons (Fsp3) is 0.458. The van der Waals surface area contributed by atoms with Crippen LogP contribution in [0.1, 0.15) is 17.2 Å². The van der Waals surface area contributed by atoms with Crippen molar-refractivity contribution in [2.75, 3.05) is 65.6 Å². The number of carbonyl (C=O) groups is 1. The van der Waals surface area contributed by atoms with Crippen molar-refractivity contribution >= 4 is 6.03 Å². The average molecular weight is 446 g/mol. The lowest BCUT2D eigenvalue weighted by atomic mass is 10.0. The van der Waals surface area contributed by atoms with Crippen LogP contribution in [0.3, 0.4) is 0 Å². The second-order valence-electron chi connectivity index (χ2n) is 8.06. The molecular weight excluding hydrogens is 416 g/mol. The van der Waals surface area contributed by atoms with Crippen molar-refractivity contribution in [1.29, 1.82) is 0 Å². The van der Waals surface area contributed by atoms with Crippen LogP contribution >= 0.6 is 0 Å². The average Bonchev–Trinajstić information content (AvgIpc) is 2.84. The van der Waals surface area contributed by atoms with Crippen molar-refractivity contribution in [1.82, 2.24) is 14.7 Å². The Kier molecular flexibility index (Phi) is 7.68. The van der Waals surface area contributed by atoms with Gasteiger partial charge in [0.15, 0.2) is 0 Å². The molecule has 2 aromatic rings. The number of ether oxygens (including phenoxy) is 2. The Labute approximate surface area is 187 Å². The van der Waals surface area contributed by atoms with Crippen LogP contribution in [0.2, 0.25) is 0 Å². The summed E-state index contributed by atoms with van der Waals surface area (Å²) in [5, 5.41) is 0. The van der Waals surface area contributed by atoms with Crippen LogP contribution < -0.4 is 0 Å². The number of urea groups is 1. The van der Waals surface area contributed by atoms with Crippen molar-refractivity contribution in [3.8, 4) is 0 Å². The molecule has 2 saturated heterocycles. The van der Waals surface area contributed by atoms with E-state index in [0.717, 1.165) is 30.8 Å². The minimum Gasteiger partial charge on any atom is -0.378 e. The van der Waals surface area contributed by atoms with E-state index >= 15 is 0 Å². The lowest BCUT2D eigenvalue weighted by Gasteiger charge is -2.38. The third-order valence-corrected chi connectivity index (χ3v) is 5.96. The highest BCUT2D eigenvalue weighted by atomic mass is 19.1. The van der Waals surface area contributed by atoms with E-state index in [4.69, 9.17) is 9.47 Å². The van der Waals surface area contributed by atoms with E-state index in [1.54, 1.807) is 24.3 Å². The standard InChI is InChI=1S/C24H29F2N3O3/c25-21-5-1-19(2-6-21)23(20-3-7-22(26)8-4-20)32-18-13-27-9-11-28(12-10-27)24(30)29-14-16-31-17-15-29/h1-8,23H,9-18H2. The first kappa shape index (κ1) is 22.6. The molecule has 2 aliphatic heterocycles. The fourth-order valence-electron chi connectivity index (χ4n) is 4.08. The molecule has 172 valence electrons. The summed E-state index contributed by atoms with van der Waals surface area (Å²) in [4.78, 5) is 18.7. The third-order valence-electron chi connectivity index (χ3n) is 5.96. The maximum atomic E-state index is 13.4. The molecule has 0 N–H and O–H groups in total. The zero-order valence-electron chi connectivity index (χ0n) is 18.1. The number of halogens is 2. The van der Waals surface area contributed by atoms with Crippen molar-refractivity contribution in [3.63, 3.8) is 0 Å². The summed E-state index contributed by atoms with van der Waals surface area (Å²) in [5.74, 6) is -0.618. The van der Waals surface area contributed by atoms with Crippen molar-refractivity contribution in [2.24, 2.45) is 0 Å². The zero-order chi connectivity index (χ0) is 22.3. The highest BCUT2D eigenvalue weighted by Gasteiger charge is 2.26. The predicted molar refractivity (Wildman–Crippen MR) is 116 cm³/mol. The fourth-order valence-corrected chi connectivity index (χ4v) is 4.08. The van der Waals surface area contributed by atoms with Gasteiger partial charge in [-0.15, -0.1) is 0 Å². The minimum absolute atomic E-state index is 0.0943. The quantitative estimate of drug-likeness (QED) is 0.686. The molecule has 0 atom stereocenters. The number of nitrogens with zero attached hydrogens (tertiary/aromatic N) is 3. The van der Waals surface area contributed by atoms with Crippen molar-refractivity contribution in [2.45, 2.75) is 6.10 Å². The van der Waals surface area contributed by atoms with Crippen molar-refractivity contribution < 1.29 is 23.0 Å². The van der Waals surface area contributed by atoms with Gasteiger partial charge in [-0.05, 0) is 35.4 Å². The third kappa shape index (κ3) is 5.82. The Morgan fingerprint density at radius 1 is 0.812 bits per heavy atom. The summed E-state index contributed by atoms with van der Waals surface area (Å²) in [5.41, 5.74) is 1.64. The maximum Gasteiger partial charge on any atom is 0.320 e. The summed E-state index contributed by atoms with van der Waals surface area (Å²) in [6.07, 6.45) is -0.402. The predicted octanol–water partition coefficient (Wildman–Crippen LogP) is 3.14. The number of benzene rings is 2. The summed E-state index contributed by atoms with van der Waals surface area (Å²) in [7, 11) is 0. The molecule has 2 fully saturated rings. The number of piperazine rings is 1. The summed E-state index contributed by atoms with van der Waals surface area (Å²) in [6.45, 7) is 6.66. The number of morpholine rings is 1. The van der Waals surface area contributed by atoms with Crippen LogP contribution in [0, 0.1) is 11.6 Å². The van der Waals surface area contributed by atoms with E-state index in [2.05, 4.69) is 4.90 Å². The lowest BCUT2D eigenvalue weighted by molar-refractivity contribution is 0.0301. The second kappa shape index (κ2) is 10.8. The van der Waals surface area contributed by atoms with E-state index in [1.165, 1.54) is 24.3 Å². The van der Waals surface area contributed by atoms with Gasteiger partial charge in [-0.2, -0.15) is 0 Å². The van der Waals surface area contributed by atoms with Gasteiger partial charge in [0.1, 0.15) is 17.7 Å². The molecule has 0 bridgehead atoms. The van der Waals surface area contributed by atoms with Crippen LogP contribution in [-0.2, 0) is 9.47 Å². The molecule has 0 radical (unpaired) electrons. The molecule has 2 aliphatic rings. The Bertz CT molecular complexity index is 820. The lowest BCUT2D eigenvalue weighted by Crippen LogP contribution is -2.55. The summed E-state index contributed by atoms with van der Waals surface area (Å²) in [6, 6.07) is 12.5. The summed E-state index contributed by atoms with van der Waals surface area (Å²) >= 11 is 0. The zero-order valence-corrected chi connectivity index (χ0v) is 18.1. The maximum absolute atomic E-state index is 13.4. The first-order valence-corrected chi connectivity index (χ1v) is 11.1. The number of amides is 2. The van der Waals surface area contributed by atoms with Gasteiger partial charge in [0.05, 0.1) is 19.8 Å². The van der Waals surface area contributed by atoms with E-state index in [9.17, 15) is 13.6 Å². The molecule has 0 spiro atoms. The van der Waals surface area contributed by atoms with Gasteiger partial charge in [0.2, 0.25) is 0 Å². The van der Waals surface area contributed by atoms with Crippen LogP contribution in [0.25, 0.3) is 0 Å². The Morgan fingerprint density at radius 3 is 1.84 bits per heavy atom. The van der Waals surface area contributed by atoms with Gasteiger partial charge in [-0.3, -0.25) is 4.90 Å². The molecule has 32 heavy (non-hydrogen) atoms. The van der Waals surface area contributed by atoms with Gasteiger partial charge in [0, 0.05) is 45.8 Å². The van der Waals surface area contributed by atoms with Gasteiger partial charge in [0.25, 0.3) is 0 Å². The van der Waals surface area contributed by atoms with Crippen LogP contribution in [-0.4, -0.2) is 86.4 Å². The van der Waals surface area contributed by atoms with E-state index in [-0.39, 0.29) is 17.7 Å². The van der Waals surface area contributed by atoms with Crippen LogP contribution in [0.4, 0.5) is 13.6 Å². The normalized spacial score (nSPS) is 17.7. The first-order valence-electron chi connectivity index (χ1n) is 11.1. The molecular formula is C24H29F2N3O3. The van der Waals surface area contributed by atoms with Gasteiger partial charge in [-0.25, -0.2) is 13.6 Å². The molecule has 0 saturated carbocycles. The highest BCUT2D eigenvalue weighted by molar-refractivity contribution is 5.74. The molecule has 0 aromatic heterocycles. The Hall–Kier alpha value is -2.55. The van der Waals surface area contributed by atoms with E-state index in [1.807, 2.05) is 9.80 Å².